The number of hydrogen-bond donors (Lipinski definition) is 1. The summed E-state index contributed by atoms with van der Waals surface area (Å²) >= 11 is 0. The molecule has 1 rings (SSSR count). The van der Waals surface area contributed by atoms with E-state index in [4.69, 9.17) is 0 Å². The lowest BCUT2D eigenvalue weighted by molar-refractivity contribution is -0.116. The summed E-state index contributed by atoms with van der Waals surface area (Å²) in [6, 6.07) is 6.07. The number of rotatable bonds is 9. The summed E-state index contributed by atoms with van der Waals surface area (Å²) in [5.41, 5.74) is 3.40. The summed E-state index contributed by atoms with van der Waals surface area (Å²) in [7, 11) is 0. The van der Waals surface area contributed by atoms with Crippen molar-refractivity contribution < 1.29 is 4.79 Å². The number of unbranched alkanes of at least 4 members (excludes halogenated alkanes) is 6. The average Bonchev–Trinajstić information content (AvgIpc) is 2.42. The molecule has 0 saturated carbocycles. The van der Waals surface area contributed by atoms with Gasteiger partial charge in [-0.2, -0.15) is 0 Å². The molecule has 20 heavy (non-hydrogen) atoms. The third-order valence-corrected chi connectivity index (χ3v) is 3.80. The molecule has 0 unspecified atom stereocenters. The molecule has 0 bridgehead atoms. The first kappa shape index (κ1) is 16.7. The van der Waals surface area contributed by atoms with Gasteiger partial charge in [0.25, 0.3) is 0 Å². The molecule has 0 saturated heterocycles. The van der Waals surface area contributed by atoms with Crippen LogP contribution in [-0.4, -0.2) is 5.91 Å². The smallest absolute Gasteiger partial charge is 0.224 e. The number of nitrogens with one attached hydrogen (secondary N) is 1. The molecular formula is C18H29NO. The van der Waals surface area contributed by atoms with Gasteiger partial charge in [-0.05, 0) is 43.5 Å². The van der Waals surface area contributed by atoms with Gasteiger partial charge < -0.3 is 5.32 Å². The highest BCUT2D eigenvalue weighted by atomic mass is 16.1. The van der Waals surface area contributed by atoms with E-state index in [1.165, 1.54) is 49.7 Å². The third-order valence-electron chi connectivity index (χ3n) is 3.80. The summed E-state index contributed by atoms with van der Waals surface area (Å²) < 4.78 is 0. The Balaban J connectivity index is 2.15. The second kappa shape index (κ2) is 9.57. The van der Waals surface area contributed by atoms with Gasteiger partial charge in [0.05, 0.1) is 0 Å². The normalized spacial score (nSPS) is 10.6. The molecule has 0 heterocycles. The number of carbonyl (C=O) groups is 1. The van der Waals surface area contributed by atoms with Gasteiger partial charge in [-0.15, -0.1) is 0 Å². The Morgan fingerprint density at radius 1 is 0.950 bits per heavy atom. The van der Waals surface area contributed by atoms with Crippen LogP contribution in [0.1, 0.15) is 69.4 Å². The molecule has 1 aromatic carbocycles. The molecule has 2 heteroatoms. The van der Waals surface area contributed by atoms with Crippen LogP contribution in [0.4, 0.5) is 5.69 Å². The van der Waals surface area contributed by atoms with Gasteiger partial charge in [0.1, 0.15) is 0 Å². The van der Waals surface area contributed by atoms with Gasteiger partial charge in [-0.25, -0.2) is 0 Å². The van der Waals surface area contributed by atoms with Crippen molar-refractivity contribution in [2.75, 3.05) is 5.32 Å². The van der Waals surface area contributed by atoms with Crippen molar-refractivity contribution in [2.24, 2.45) is 0 Å². The zero-order chi connectivity index (χ0) is 14.8. The van der Waals surface area contributed by atoms with Crippen molar-refractivity contribution in [1.29, 1.82) is 0 Å². The van der Waals surface area contributed by atoms with E-state index in [9.17, 15) is 4.79 Å². The molecule has 0 aromatic heterocycles. The maximum absolute atomic E-state index is 11.8. The van der Waals surface area contributed by atoms with Gasteiger partial charge in [-0.1, -0.05) is 51.5 Å². The highest BCUT2D eigenvalue weighted by Gasteiger charge is 2.03. The SMILES string of the molecule is CCCCCCCCCC(=O)Nc1ccc(C)c(C)c1. The van der Waals surface area contributed by atoms with Crippen LogP contribution in [0, 0.1) is 13.8 Å². The van der Waals surface area contributed by atoms with Gasteiger partial charge in [0.15, 0.2) is 0 Å². The lowest BCUT2D eigenvalue weighted by Crippen LogP contribution is -2.11. The van der Waals surface area contributed by atoms with E-state index in [2.05, 4.69) is 32.2 Å². The van der Waals surface area contributed by atoms with Crippen molar-refractivity contribution in [3.63, 3.8) is 0 Å². The van der Waals surface area contributed by atoms with E-state index in [-0.39, 0.29) is 5.91 Å². The van der Waals surface area contributed by atoms with E-state index in [1.807, 2.05) is 12.1 Å². The molecule has 0 atom stereocenters. The van der Waals surface area contributed by atoms with Crippen LogP contribution in [0.25, 0.3) is 0 Å². The van der Waals surface area contributed by atoms with Crippen molar-refractivity contribution in [3.8, 4) is 0 Å². The van der Waals surface area contributed by atoms with Crippen LogP contribution in [-0.2, 0) is 4.79 Å². The molecule has 0 fully saturated rings. The minimum absolute atomic E-state index is 0.141. The number of benzene rings is 1. The Bertz CT molecular complexity index is 412. The van der Waals surface area contributed by atoms with Crippen LogP contribution in [0.3, 0.4) is 0 Å². The molecule has 0 radical (unpaired) electrons. The summed E-state index contributed by atoms with van der Waals surface area (Å²) in [5, 5.41) is 2.98. The van der Waals surface area contributed by atoms with E-state index in [1.54, 1.807) is 0 Å². The molecule has 1 amide bonds. The van der Waals surface area contributed by atoms with Crippen LogP contribution in [0.2, 0.25) is 0 Å². The van der Waals surface area contributed by atoms with Crippen LogP contribution >= 0.6 is 0 Å². The van der Waals surface area contributed by atoms with E-state index >= 15 is 0 Å². The number of amides is 1. The molecule has 0 aliphatic rings. The summed E-state index contributed by atoms with van der Waals surface area (Å²) in [6.45, 7) is 6.39. The standard InChI is InChI=1S/C18H29NO/c1-4-5-6-7-8-9-10-11-18(20)19-17-13-12-15(2)16(3)14-17/h12-14H,4-11H2,1-3H3,(H,19,20). The lowest BCUT2D eigenvalue weighted by Gasteiger charge is -2.07. The molecule has 2 nitrogen and oxygen atoms in total. The van der Waals surface area contributed by atoms with Gasteiger partial charge in [0.2, 0.25) is 5.91 Å². The predicted molar refractivity (Wildman–Crippen MR) is 87.2 cm³/mol. The van der Waals surface area contributed by atoms with Crippen molar-refractivity contribution in [1.82, 2.24) is 0 Å². The monoisotopic (exact) mass is 275 g/mol. The molecule has 112 valence electrons. The predicted octanol–water partition coefficient (Wildman–Crippen LogP) is 5.38. The molecule has 0 spiro atoms. The number of carbonyl (C=O) groups excluding carboxylic acids is 1. The minimum Gasteiger partial charge on any atom is -0.326 e. The van der Waals surface area contributed by atoms with Gasteiger partial charge >= 0.3 is 0 Å². The summed E-state index contributed by atoms with van der Waals surface area (Å²) in [5.74, 6) is 0.141. The zero-order valence-electron chi connectivity index (χ0n) is 13.3. The Morgan fingerprint density at radius 2 is 1.60 bits per heavy atom. The topological polar surface area (TPSA) is 29.1 Å². The zero-order valence-corrected chi connectivity index (χ0v) is 13.3. The summed E-state index contributed by atoms with van der Waals surface area (Å²) in [4.78, 5) is 11.8. The Kier molecular flexibility index (Phi) is 8.01. The van der Waals surface area contributed by atoms with Gasteiger partial charge in [0, 0.05) is 12.1 Å². The van der Waals surface area contributed by atoms with Crippen LogP contribution < -0.4 is 5.32 Å². The first-order valence-electron chi connectivity index (χ1n) is 8.00. The average molecular weight is 275 g/mol. The number of anilines is 1. The van der Waals surface area contributed by atoms with Crippen LogP contribution in [0.15, 0.2) is 18.2 Å². The fraction of sp³-hybridized carbons (Fsp3) is 0.611. The second-order valence-electron chi connectivity index (χ2n) is 5.72. The second-order valence-corrected chi connectivity index (χ2v) is 5.72. The molecule has 1 aromatic rings. The first-order valence-corrected chi connectivity index (χ1v) is 8.00. The number of hydrogen-bond acceptors (Lipinski definition) is 1. The molecular weight excluding hydrogens is 246 g/mol. The van der Waals surface area contributed by atoms with E-state index in [0.717, 1.165) is 12.1 Å². The number of aryl methyl sites for hydroxylation is 2. The van der Waals surface area contributed by atoms with Crippen molar-refractivity contribution in [2.45, 2.75) is 72.1 Å². The highest BCUT2D eigenvalue weighted by Crippen LogP contribution is 2.15. The largest absolute Gasteiger partial charge is 0.326 e. The van der Waals surface area contributed by atoms with Crippen molar-refractivity contribution >= 4 is 11.6 Å². The minimum atomic E-state index is 0.141. The maximum Gasteiger partial charge on any atom is 0.224 e. The first-order chi connectivity index (χ1) is 9.63. The Hall–Kier alpha value is -1.31. The maximum atomic E-state index is 11.8. The van der Waals surface area contributed by atoms with Crippen molar-refractivity contribution in [3.05, 3.63) is 29.3 Å². The molecule has 0 aliphatic carbocycles. The highest BCUT2D eigenvalue weighted by molar-refractivity contribution is 5.90. The Morgan fingerprint density at radius 3 is 2.25 bits per heavy atom. The lowest BCUT2D eigenvalue weighted by atomic mass is 10.1. The quantitative estimate of drug-likeness (QED) is 0.602. The molecule has 1 N–H and O–H groups in total. The third kappa shape index (κ3) is 6.74. The van der Waals surface area contributed by atoms with Gasteiger partial charge in [-0.3, -0.25) is 4.79 Å². The summed E-state index contributed by atoms with van der Waals surface area (Å²) in [6.07, 6.45) is 9.36. The van der Waals surface area contributed by atoms with Crippen LogP contribution in [0.5, 0.6) is 0 Å². The van der Waals surface area contributed by atoms with E-state index < -0.39 is 0 Å². The fourth-order valence-corrected chi connectivity index (χ4v) is 2.29. The Labute approximate surface area is 124 Å². The molecule has 0 aliphatic heterocycles. The van der Waals surface area contributed by atoms with E-state index in [0.29, 0.717) is 6.42 Å². The fourth-order valence-electron chi connectivity index (χ4n) is 2.29.